The summed E-state index contributed by atoms with van der Waals surface area (Å²) in [5.41, 5.74) is -0.169. The predicted octanol–water partition coefficient (Wildman–Crippen LogP) is 2.85. The third-order valence-electron chi connectivity index (χ3n) is 4.15. The zero-order valence-corrected chi connectivity index (χ0v) is 15.2. The van der Waals surface area contributed by atoms with Crippen LogP contribution < -0.4 is 5.32 Å². The Morgan fingerprint density at radius 3 is 2.67 bits per heavy atom. The molecule has 3 rings (SSSR count). The van der Waals surface area contributed by atoms with Crippen molar-refractivity contribution in [2.75, 3.05) is 13.6 Å². The average Bonchev–Trinajstić information content (AvgIpc) is 2.94. The Labute approximate surface area is 158 Å². The molecule has 0 aliphatic carbocycles. The maximum absolute atomic E-state index is 14.0. The van der Waals surface area contributed by atoms with Crippen molar-refractivity contribution in [1.82, 2.24) is 10.2 Å². The van der Waals surface area contributed by atoms with Gasteiger partial charge in [0.05, 0.1) is 16.5 Å². The van der Waals surface area contributed by atoms with Crippen molar-refractivity contribution in [2.24, 2.45) is 0 Å². The number of hydrogen-bond acceptors (Lipinski definition) is 5. The number of nitro benzene ring substituents is 1. The number of amides is 2. The molecule has 0 bridgehead atoms. The van der Waals surface area contributed by atoms with Gasteiger partial charge in [-0.05, 0) is 18.2 Å². The first-order valence-electron chi connectivity index (χ1n) is 8.11. The van der Waals surface area contributed by atoms with Crippen LogP contribution >= 0.6 is 11.8 Å². The zero-order chi connectivity index (χ0) is 19.6. The highest BCUT2D eigenvalue weighted by molar-refractivity contribution is 7.99. The highest BCUT2D eigenvalue weighted by Gasteiger charge is 2.29. The molecule has 1 aliphatic rings. The molecule has 9 heteroatoms. The van der Waals surface area contributed by atoms with E-state index in [2.05, 4.69) is 5.32 Å². The van der Waals surface area contributed by atoms with Crippen molar-refractivity contribution < 1.29 is 18.9 Å². The number of rotatable bonds is 5. The summed E-state index contributed by atoms with van der Waals surface area (Å²) in [4.78, 5) is 37.0. The topological polar surface area (TPSA) is 92.6 Å². The number of carbonyl (C=O) groups excluding carboxylic acids is 2. The fourth-order valence-corrected chi connectivity index (χ4v) is 3.71. The Balaban J connectivity index is 1.90. The summed E-state index contributed by atoms with van der Waals surface area (Å²) < 4.78 is 14.0. The van der Waals surface area contributed by atoms with Crippen molar-refractivity contribution in [3.05, 3.63) is 64.0 Å². The van der Waals surface area contributed by atoms with E-state index >= 15 is 0 Å². The van der Waals surface area contributed by atoms with E-state index in [1.807, 2.05) is 0 Å². The standard InChI is InChI=1S/C18H16FN3O4S/c1-21-10-11(8-17(21)23)20-18(24)13-9-12(22(25)26)6-7-15(13)27-16-5-3-2-4-14(16)19/h2-7,9,11H,8,10H2,1H3,(H,20,24). The van der Waals surface area contributed by atoms with Crippen molar-refractivity contribution in [2.45, 2.75) is 22.3 Å². The SMILES string of the molecule is CN1CC(NC(=O)c2cc([N+](=O)[O-])ccc2Sc2ccccc2F)CC1=O. The lowest BCUT2D eigenvalue weighted by Gasteiger charge is -2.14. The number of nitro groups is 1. The molecule has 0 radical (unpaired) electrons. The minimum absolute atomic E-state index is 0.0689. The minimum atomic E-state index is -0.596. The van der Waals surface area contributed by atoms with Gasteiger partial charge in [0.15, 0.2) is 0 Å². The highest BCUT2D eigenvalue weighted by atomic mass is 32.2. The van der Waals surface area contributed by atoms with Crippen molar-refractivity contribution >= 4 is 29.3 Å². The van der Waals surface area contributed by atoms with E-state index in [1.165, 1.54) is 29.2 Å². The second-order valence-corrected chi connectivity index (χ2v) is 7.20. The molecule has 2 aromatic carbocycles. The summed E-state index contributed by atoms with van der Waals surface area (Å²) in [5, 5.41) is 13.8. The Morgan fingerprint density at radius 2 is 2.04 bits per heavy atom. The number of halogens is 1. The second-order valence-electron chi connectivity index (χ2n) is 6.12. The number of non-ortho nitro benzene ring substituents is 1. The molecule has 1 N–H and O–H groups in total. The van der Waals surface area contributed by atoms with Crippen LogP contribution in [0.3, 0.4) is 0 Å². The molecule has 2 aromatic rings. The van der Waals surface area contributed by atoms with Crippen LogP contribution in [0.4, 0.5) is 10.1 Å². The Kier molecular flexibility index (Phi) is 5.41. The monoisotopic (exact) mass is 389 g/mol. The van der Waals surface area contributed by atoms with Gasteiger partial charge < -0.3 is 10.2 Å². The van der Waals surface area contributed by atoms with E-state index < -0.39 is 16.6 Å². The van der Waals surface area contributed by atoms with Crippen LogP contribution in [0, 0.1) is 15.9 Å². The number of likely N-dealkylation sites (tertiary alicyclic amines) is 1. The van der Waals surface area contributed by atoms with Gasteiger partial charge in [0.1, 0.15) is 5.82 Å². The smallest absolute Gasteiger partial charge is 0.270 e. The molecule has 1 atom stereocenters. The maximum atomic E-state index is 14.0. The van der Waals surface area contributed by atoms with Gasteiger partial charge in [0, 0.05) is 41.9 Å². The van der Waals surface area contributed by atoms with E-state index in [-0.39, 0.29) is 29.6 Å². The molecule has 27 heavy (non-hydrogen) atoms. The van der Waals surface area contributed by atoms with Gasteiger partial charge >= 0.3 is 0 Å². The van der Waals surface area contributed by atoms with Crippen molar-refractivity contribution in [3.8, 4) is 0 Å². The zero-order valence-electron chi connectivity index (χ0n) is 14.3. The Hall–Kier alpha value is -2.94. The van der Waals surface area contributed by atoms with Gasteiger partial charge in [-0.1, -0.05) is 23.9 Å². The lowest BCUT2D eigenvalue weighted by atomic mass is 10.1. The van der Waals surface area contributed by atoms with Crippen LogP contribution in [0.25, 0.3) is 0 Å². The number of benzene rings is 2. The largest absolute Gasteiger partial charge is 0.347 e. The van der Waals surface area contributed by atoms with Gasteiger partial charge in [0.25, 0.3) is 11.6 Å². The molecule has 1 fully saturated rings. The summed E-state index contributed by atoms with van der Waals surface area (Å²) in [5.74, 6) is -1.07. The molecule has 7 nitrogen and oxygen atoms in total. The van der Waals surface area contributed by atoms with Crippen LogP contribution in [0.1, 0.15) is 16.8 Å². The number of carbonyl (C=O) groups is 2. The number of likely N-dealkylation sites (N-methyl/N-ethyl adjacent to an activating group) is 1. The number of nitrogens with zero attached hydrogens (tertiary/aromatic N) is 2. The Morgan fingerprint density at radius 1 is 1.30 bits per heavy atom. The van der Waals surface area contributed by atoms with Crippen molar-refractivity contribution in [3.63, 3.8) is 0 Å². The van der Waals surface area contributed by atoms with Gasteiger partial charge in [-0.15, -0.1) is 0 Å². The fourth-order valence-electron chi connectivity index (χ4n) is 2.77. The highest BCUT2D eigenvalue weighted by Crippen LogP contribution is 2.34. The summed E-state index contributed by atoms with van der Waals surface area (Å²) in [6.07, 6.45) is 0.174. The molecule has 140 valence electrons. The molecule has 1 unspecified atom stereocenters. The lowest BCUT2D eigenvalue weighted by molar-refractivity contribution is -0.384. The van der Waals surface area contributed by atoms with E-state index in [4.69, 9.17) is 0 Å². The average molecular weight is 389 g/mol. The molecular formula is C18H16FN3O4S. The Bertz CT molecular complexity index is 921. The first-order valence-corrected chi connectivity index (χ1v) is 8.92. The normalized spacial score (nSPS) is 16.4. The van der Waals surface area contributed by atoms with Gasteiger partial charge in [-0.25, -0.2) is 4.39 Å². The molecule has 1 aliphatic heterocycles. The molecule has 1 saturated heterocycles. The third-order valence-corrected chi connectivity index (χ3v) is 5.28. The quantitative estimate of drug-likeness (QED) is 0.627. The molecule has 0 saturated carbocycles. The van der Waals surface area contributed by atoms with Gasteiger partial charge in [0.2, 0.25) is 5.91 Å². The van der Waals surface area contributed by atoms with Gasteiger partial charge in [-0.2, -0.15) is 0 Å². The van der Waals surface area contributed by atoms with E-state index in [1.54, 1.807) is 25.2 Å². The number of hydrogen-bond donors (Lipinski definition) is 1. The van der Waals surface area contributed by atoms with Crippen LogP contribution in [0.5, 0.6) is 0 Å². The molecule has 2 amide bonds. The lowest BCUT2D eigenvalue weighted by Crippen LogP contribution is -2.36. The molecule has 0 aromatic heterocycles. The summed E-state index contributed by atoms with van der Waals surface area (Å²) in [7, 11) is 1.64. The summed E-state index contributed by atoms with van der Waals surface area (Å²) in [6.45, 7) is 0.370. The fraction of sp³-hybridized carbons (Fsp3) is 0.222. The first kappa shape index (κ1) is 18.8. The van der Waals surface area contributed by atoms with Crippen LogP contribution in [0.2, 0.25) is 0 Å². The predicted molar refractivity (Wildman–Crippen MR) is 97.1 cm³/mol. The minimum Gasteiger partial charge on any atom is -0.347 e. The first-order chi connectivity index (χ1) is 12.8. The maximum Gasteiger partial charge on any atom is 0.270 e. The van der Waals surface area contributed by atoms with Crippen LogP contribution in [0.15, 0.2) is 52.3 Å². The van der Waals surface area contributed by atoms with Gasteiger partial charge in [-0.3, -0.25) is 19.7 Å². The second kappa shape index (κ2) is 7.75. The van der Waals surface area contributed by atoms with E-state index in [0.29, 0.717) is 16.3 Å². The van der Waals surface area contributed by atoms with E-state index in [0.717, 1.165) is 11.8 Å². The van der Waals surface area contributed by atoms with Crippen LogP contribution in [-0.4, -0.2) is 41.3 Å². The van der Waals surface area contributed by atoms with Crippen LogP contribution in [-0.2, 0) is 4.79 Å². The molecule has 1 heterocycles. The number of nitrogens with one attached hydrogen (secondary N) is 1. The van der Waals surface area contributed by atoms with Crippen molar-refractivity contribution in [1.29, 1.82) is 0 Å². The summed E-state index contributed by atoms with van der Waals surface area (Å²) >= 11 is 1.01. The third kappa shape index (κ3) is 4.25. The molecular weight excluding hydrogens is 373 g/mol. The van der Waals surface area contributed by atoms with E-state index in [9.17, 15) is 24.1 Å². The summed E-state index contributed by atoms with van der Waals surface area (Å²) in [6, 6.07) is 9.57. The molecule has 0 spiro atoms.